The van der Waals surface area contributed by atoms with E-state index in [0.29, 0.717) is 6.61 Å². The minimum atomic E-state index is -4.40. The van der Waals surface area contributed by atoms with Gasteiger partial charge in [-0.25, -0.2) is 0 Å². The van der Waals surface area contributed by atoms with Crippen molar-refractivity contribution in [3.63, 3.8) is 0 Å². The van der Waals surface area contributed by atoms with Gasteiger partial charge >= 0.3 is 6.18 Å². The van der Waals surface area contributed by atoms with Gasteiger partial charge in [0.05, 0.1) is 24.6 Å². The standard InChI is InChI=1S/C10H9F3NO/c1-2-15-6-4-8-7-14-5-3-9(8)10(11,12)13/h3-4,6-7H,2H2,1H3. The molecule has 0 aliphatic carbocycles. The molecule has 0 aromatic carbocycles. The van der Waals surface area contributed by atoms with Gasteiger partial charge in [-0.15, -0.1) is 0 Å². The lowest BCUT2D eigenvalue weighted by molar-refractivity contribution is -0.137. The quantitative estimate of drug-likeness (QED) is 0.725. The van der Waals surface area contributed by atoms with E-state index in [9.17, 15) is 13.2 Å². The van der Waals surface area contributed by atoms with Gasteiger partial charge in [0.1, 0.15) is 0 Å². The summed E-state index contributed by atoms with van der Waals surface area (Å²) in [5, 5.41) is 0. The molecule has 0 spiro atoms. The van der Waals surface area contributed by atoms with Crippen LogP contribution in [0.5, 0.6) is 0 Å². The highest BCUT2D eigenvalue weighted by molar-refractivity contribution is 5.52. The molecule has 1 aromatic heterocycles. The molecule has 0 fully saturated rings. The second-order valence-electron chi connectivity index (χ2n) is 2.66. The van der Waals surface area contributed by atoms with Crippen LogP contribution in [-0.2, 0) is 10.9 Å². The molecule has 0 unspecified atom stereocenters. The van der Waals surface area contributed by atoms with E-state index in [0.717, 1.165) is 12.3 Å². The van der Waals surface area contributed by atoms with Gasteiger partial charge in [0.15, 0.2) is 0 Å². The van der Waals surface area contributed by atoms with Gasteiger partial charge < -0.3 is 4.74 Å². The van der Waals surface area contributed by atoms with Crippen molar-refractivity contribution in [2.75, 3.05) is 6.61 Å². The Morgan fingerprint density at radius 1 is 1.53 bits per heavy atom. The normalized spacial score (nSPS) is 12.0. The SMILES string of the molecule is CCOC=Cc1cn[c]cc1C(F)(F)F. The van der Waals surface area contributed by atoms with Crippen molar-refractivity contribution in [3.05, 3.63) is 35.8 Å². The average Bonchev–Trinajstić information content (AvgIpc) is 2.17. The minimum Gasteiger partial charge on any atom is -0.501 e. The Morgan fingerprint density at radius 3 is 2.87 bits per heavy atom. The van der Waals surface area contributed by atoms with Crippen molar-refractivity contribution in [1.82, 2.24) is 4.98 Å². The van der Waals surface area contributed by atoms with Crippen LogP contribution in [0.15, 0.2) is 18.5 Å². The summed E-state index contributed by atoms with van der Waals surface area (Å²) in [5.41, 5.74) is -0.803. The van der Waals surface area contributed by atoms with E-state index in [2.05, 4.69) is 11.2 Å². The minimum absolute atomic E-state index is 0.0327. The Kier molecular flexibility index (Phi) is 3.71. The zero-order valence-electron chi connectivity index (χ0n) is 8.01. The number of nitrogens with zero attached hydrogens (tertiary/aromatic N) is 1. The monoisotopic (exact) mass is 216 g/mol. The van der Waals surface area contributed by atoms with Crippen LogP contribution in [0.1, 0.15) is 18.1 Å². The maximum atomic E-state index is 12.4. The Hall–Kier alpha value is -1.52. The topological polar surface area (TPSA) is 22.1 Å². The molecule has 5 heteroatoms. The molecule has 1 rings (SSSR count). The van der Waals surface area contributed by atoms with Gasteiger partial charge in [-0.3, -0.25) is 4.98 Å². The predicted molar refractivity (Wildman–Crippen MR) is 48.7 cm³/mol. The molecule has 81 valence electrons. The first-order valence-electron chi connectivity index (χ1n) is 4.27. The summed E-state index contributed by atoms with van der Waals surface area (Å²) in [5.74, 6) is 0. The summed E-state index contributed by atoms with van der Waals surface area (Å²) in [4.78, 5) is 3.51. The fraction of sp³-hybridized carbons (Fsp3) is 0.300. The molecule has 0 aliphatic heterocycles. The number of pyridine rings is 1. The Bertz CT molecular complexity index is 347. The zero-order chi connectivity index (χ0) is 11.3. The Labute approximate surface area is 85.4 Å². The van der Waals surface area contributed by atoms with E-state index in [-0.39, 0.29) is 5.56 Å². The fourth-order valence-corrected chi connectivity index (χ4v) is 0.957. The summed E-state index contributed by atoms with van der Waals surface area (Å²) in [6.45, 7) is 2.15. The highest BCUT2D eigenvalue weighted by Crippen LogP contribution is 2.31. The summed E-state index contributed by atoms with van der Waals surface area (Å²) >= 11 is 0. The lowest BCUT2D eigenvalue weighted by Gasteiger charge is -2.08. The number of aromatic nitrogens is 1. The number of hydrogen-bond donors (Lipinski definition) is 0. The molecule has 0 saturated heterocycles. The van der Waals surface area contributed by atoms with Crippen molar-refractivity contribution < 1.29 is 17.9 Å². The largest absolute Gasteiger partial charge is 0.501 e. The van der Waals surface area contributed by atoms with Crippen LogP contribution in [0.3, 0.4) is 0 Å². The predicted octanol–water partition coefficient (Wildman–Crippen LogP) is 2.91. The second-order valence-corrected chi connectivity index (χ2v) is 2.66. The van der Waals surface area contributed by atoms with E-state index in [1.54, 1.807) is 6.92 Å². The van der Waals surface area contributed by atoms with Gasteiger partial charge in [0.25, 0.3) is 0 Å². The van der Waals surface area contributed by atoms with Crippen molar-refractivity contribution in [2.45, 2.75) is 13.1 Å². The maximum Gasteiger partial charge on any atom is 0.417 e. The highest BCUT2D eigenvalue weighted by atomic mass is 19.4. The van der Waals surface area contributed by atoms with E-state index < -0.39 is 11.7 Å². The first-order valence-corrected chi connectivity index (χ1v) is 4.27. The molecule has 0 atom stereocenters. The molecule has 0 saturated carbocycles. The van der Waals surface area contributed by atoms with Crippen molar-refractivity contribution in [1.29, 1.82) is 0 Å². The Balaban J connectivity index is 2.97. The average molecular weight is 216 g/mol. The molecule has 1 aromatic rings. The molecule has 1 heterocycles. The van der Waals surface area contributed by atoms with Gasteiger partial charge in [-0.05, 0) is 19.1 Å². The zero-order valence-corrected chi connectivity index (χ0v) is 8.01. The molecule has 0 aliphatic rings. The first-order chi connectivity index (χ1) is 7.05. The van der Waals surface area contributed by atoms with Crippen LogP contribution in [0, 0.1) is 6.20 Å². The van der Waals surface area contributed by atoms with Crippen molar-refractivity contribution >= 4 is 6.08 Å². The third kappa shape index (κ3) is 3.27. The van der Waals surface area contributed by atoms with E-state index in [1.165, 1.54) is 12.3 Å². The van der Waals surface area contributed by atoms with Crippen LogP contribution in [0.25, 0.3) is 6.08 Å². The van der Waals surface area contributed by atoms with Gasteiger partial charge in [0, 0.05) is 11.8 Å². The highest BCUT2D eigenvalue weighted by Gasteiger charge is 2.32. The third-order valence-electron chi connectivity index (χ3n) is 1.61. The van der Waals surface area contributed by atoms with Crippen molar-refractivity contribution in [3.8, 4) is 0 Å². The number of alkyl halides is 3. The number of rotatable bonds is 3. The van der Waals surface area contributed by atoms with Gasteiger partial charge in [-0.1, -0.05) is 0 Å². The first kappa shape index (κ1) is 11.6. The van der Waals surface area contributed by atoms with Crippen LogP contribution in [0.2, 0.25) is 0 Å². The molecular weight excluding hydrogens is 207 g/mol. The molecule has 0 N–H and O–H groups in total. The Morgan fingerprint density at radius 2 is 2.27 bits per heavy atom. The molecular formula is C10H9F3NO. The summed E-state index contributed by atoms with van der Waals surface area (Å²) in [6.07, 6.45) is 1.30. The van der Waals surface area contributed by atoms with E-state index in [4.69, 9.17) is 4.74 Å². The lowest BCUT2D eigenvalue weighted by Crippen LogP contribution is -2.07. The molecule has 15 heavy (non-hydrogen) atoms. The number of ether oxygens (including phenoxy) is 1. The molecule has 0 bridgehead atoms. The lowest BCUT2D eigenvalue weighted by atomic mass is 10.1. The van der Waals surface area contributed by atoms with Gasteiger partial charge in [-0.2, -0.15) is 13.2 Å². The van der Waals surface area contributed by atoms with Crippen LogP contribution < -0.4 is 0 Å². The van der Waals surface area contributed by atoms with Crippen LogP contribution in [0.4, 0.5) is 13.2 Å². The third-order valence-corrected chi connectivity index (χ3v) is 1.61. The summed E-state index contributed by atoms with van der Waals surface area (Å²) < 4.78 is 42.1. The van der Waals surface area contributed by atoms with Gasteiger partial charge in [0.2, 0.25) is 0 Å². The van der Waals surface area contributed by atoms with E-state index in [1.807, 2.05) is 0 Å². The van der Waals surface area contributed by atoms with Crippen molar-refractivity contribution in [2.24, 2.45) is 0 Å². The molecule has 1 radical (unpaired) electrons. The fourth-order valence-electron chi connectivity index (χ4n) is 0.957. The smallest absolute Gasteiger partial charge is 0.417 e. The number of halogens is 3. The molecule has 0 amide bonds. The van der Waals surface area contributed by atoms with Crippen LogP contribution >= 0.6 is 0 Å². The summed E-state index contributed by atoms with van der Waals surface area (Å²) in [7, 11) is 0. The maximum absolute atomic E-state index is 12.4. The molecule has 2 nitrogen and oxygen atoms in total. The van der Waals surface area contributed by atoms with Crippen LogP contribution in [-0.4, -0.2) is 11.6 Å². The summed E-state index contributed by atoms with van der Waals surface area (Å²) in [6, 6.07) is 0.811. The number of hydrogen-bond acceptors (Lipinski definition) is 2. The van der Waals surface area contributed by atoms with E-state index >= 15 is 0 Å². The second kappa shape index (κ2) is 4.82.